The summed E-state index contributed by atoms with van der Waals surface area (Å²) in [5.41, 5.74) is 1.45. The van der Waals surface area contributed by atoms with E-state index in [1.807, 2.05) is 25.1 Å². The molecule has 0 aromatic heterocycles. The second-order valence-electron chi connectivity index (χ2n) is 7.02. The molecule has 1 aromatic carbocycles. The molecule has 0 bridgehead atoms. The van der Waals surface area contributed by atoms with Gasteiger partial charge in [-0.1, -0.05) is 12.0 Å². The first-order valence-corrected chi connectivity index (χ1v) is 11.7. The molecule has 8 nitrogen and oxygen atoms in total. The summed E-state index contributed by atoms with van der Waals surface area (Å²) in [7, 11) is 0. The zero-order valence-corrected chi connectivity index (χ0v) is 19.3. The number of amides is 3. The maximum Gasteiger partial charge on any atom is 0.239 e. The van der Waals surface area contributed by atoms with Gasteiger partial charge in [-0.15, -0.1) is 29.8 Å². The van der Waals surface area contributed by atoms with Gasteiger partial charge in [0.05, 0.1) is 23.2 Å². The molecule has 2 rings (SSSR count). The third-order valence-corrected chi connectivity index (χ3v) is 6.62. The Balaban J connectivity index is 1.92. The van der Waals surface area contributed by atoms with E-state index in [0.717, 1.165) is 5.69 Å². The molecular formula is C22H26ClN5O3S. The van der Waals surface area contributed by atoms with Crippen LogP contribution in [0, 0.1) is 29.6 Å². The first-order valence-electron chi connectivity index (χ1n) is 10.2. The van der Waals surface area contributed by atoms with Crippen LogP contribution in [-0.2, 0) is 14.4 Å². The predicted molar refractivity (Wildman–Crippen MR) is 127 cm³/mol. The minimum Gasteiger partial charge on any atom is -0.385 e. The number of benzene rings is 1. The highest BCUT2D eigenvalue weighted by atomic mass is 35.5. The van der Waals surface area contributed by atoms with E-state index >= 15 is 0 Å². The highest BCUT2D eigenvalue weighted by Gasteiger charge is 2.40. The summed E-state index contributed by atoms with van der Waals surface area (Å²) in [5.74, 6) is 0.630. The van der Waals surface area contributed by atoms with Gasteiger partial charge in [0.15, 0.2) is 0 Å². The first kappa shape index (κ1) is 25.4. The van der Waals surface area contributed by atoms with Crippen LogP contribution in [0.15, 0.2) is 24.3 Å². The van der Waals surface area contributed by atoms with Crippen LogP contribution in [-0.4, -0.2) is 58.8 Å². The number of carbonyl (C=O) groups is 3. The predicted octanol–water partition coefficient (Wildman–Crippen LogP) is 2.24. The Kier molecular flexibility index (Phi) is 10.2. The number of nitrogens with one attached hydrogen (secondary N) is 3. The van der Waals surface area contributed by atoms with Crippen LogP contribution in [0.2, 0.25) is 0 Å². The largest absolute Gasteiger partial charge is 0.385 e. The Morgan fingerprint density at radius 2 is 2.12 bits per heavy atom. The lowest BCUT2D eigenvalue weighted by molar-refractivity contribution is -0.131. The average molecular weight is 476 g/mol. The maximum atomic E-state index is 12.8. The van der Waals surface area contributed by atoms with E-state index in [4.69, 9.17) is 18.0 Å². The summed E-state index contributed by atoms with van der Waals surface area (Å²) in [6, 6.07) is 9.25. The van der Waals surface area contributed by atoms with Gasteiger partial charge in [-0.3, -0.25) is 14.4 Å². The normalized spacial score (nSPS) is 18.4. The molecule has 0 saturated carbocycles. The highest BCUT2D eigenvalue weighted by Crippen LogP contribution is 2.36. The van der Waals surface area contributed by atoms with Gasteiger partial charge in [0, 0.05) is 30.9 Å². The molecule has 0 radical (unpaired) electrons. The molecular weight excluding hydrogens is 450 g/mol. The fourth-order valence-corrected chi connectivity index (χ4v) is 4.97. The van der Waals surface area contributed by atoms with Crippen molar-refractivity contribution >= 4 is 52.5 Å². The Morgan fingerprint density at radius 1 is 1.38 bits per heavy atom. The average Bonchev–Trinajstić information content (AvgIpc) is 3.09. The van der Waals surface area contributed by atoms with Crippen molar-refractivity contribution in [2.75, 3.05) is 36.1 Å². The fraction of sp³-hybridized carbons (Fsp3) is 0.455. The van der Waals surface area contributed by atoms with Crippen molar-refractivity contribution in [3.05, 3.63) is 24.3 Å². The molecule has 1 aliphatic heterocycles. The van der Waals surface area contributed by atoms with Crippen molar-refractivity contribution < 1.29 is 14.4 Å². The Labute approximate surface area is 197 Å². The van der Waals surface area contributed by atoms with Crippen molar-refractivity contribution in [3.63, 3.8) is 0 Å². The van der Waals surface area contributed by atoms with Crippen LogP contribution in [0.3, 0.4) is 0 Å². The lowest BCUT2D eigenvalue weighted by Crippen LogP contribution is -2.38. The van der Waals surface area contributed by atoms with Gasteiger partial charge in [-0.05, 0) is 31.5 Å². The summed E-state index contributed by atoms with van der Waals surface area (Å²) in [6.45, 7) is 3.00. The van der Waals surface area contributed by atoms with Crippen molar-refractivity contribution in [1.82, 2.24) is 10.2 Å². The van der Waals surface area contributed by atoms with Crippen molar-refractivity contribution in [3.8, 4) is 18.4 Å². The van der Waals surface area contributed by atoms with Gasteiger partial charge in [-0.25, -0.2) is 0 Å². The number of carbonyl (C=O) groups excluding carboxylic acids is 3. The Morgan fingerprint density at radius 3 is 2.78 bits per heavy atom. The van der Waals surface area contributed by atoms with Gasteiger partial charge in [0.25, 0.3) is 0 Å². The molecule has 3 atom stereocenters. The molecule has 1 heterocycles. The van der Waals surface area contributed by atoms with Crippen LogP contribution in [0.4, 0.5) is 11.4 Å². The Hall–Kier alpha value is -2.88. The molecule has 1 saturated heterocycles. The molecule has 170 valence electrons. The van der Waals surface area contributed by atoms with Gasteiger partial charge in [0.1, 0.15) is 11.8 Å². The number of thioether (sulfide) groups is 1. The maximum absolute atomic E-state index is 12.8. The minimum atomic E-state index is -0.870. The topological polar surface area (TPSA) is 114 Å². The minimum absolute atomic E-state index is 0.00755. The summed E-state index contributed by atoms with van der Waals surface area (Å²) in [6.07, 6.45) is 5.98. The quantitative estimate of drug-likeness (QED) is 0.334. The number of terminal acetylenes is 1. The second kappa shape index (κ2) is 12.8. The van der Waals surface area contributed by atoms with Crippen LogP contribution < -0.4 is 16.0 Å². The van der Waals surface area contributed by atoms with E-state index in [1.165, 1.54) is 11.8 Å². The molecule has 10 heteroatoms. The lowest BCUT2D eigenvalue weighted by Gasteiger charge is -2.23. The number of hydrogen-bond acceptors (Lipinski definition) is 6. The second-order valence-corrected chi connectivity index (χ2v) is 8.67. The number of nitriles is 1. The summed E-state index contributed by atoms with van der Waals surface area (Å²) < 4.78 is 0. The number of hydrogen-bond donors (Lipinski definition) is 3. The molecule has 3 amide bonds. The highest BCUT2D eigenvalue weighted by molar-refractivity contribution is 8.01. The van der Waals surface area contributed by atoms with Crippen molar-refractivity contribution in [1.29, 1.82) is 5.26 Å². The smallest absolute Gasteiger partial charge is 0.239 e. The summed E-state index contributed by atoms with van der Waals surface area (Å²) in [4.78, 5) is 38.1. The molecule has 3 N–H and O–H groups in total. The van der Waals surface area contributed by atoms with Gasteiger partial charge < -0.3 is 20.9 Å². The van der Waals surface area contributed by atoms with Gasteiger partial charge in [-0.2, -0.15) is 5.26 Å². The lowest BCUT2D eigenvalue weighted by atomic mass is 10.1. The van der Waals surface area contributed by atoms with E-state index in [-0.39, 0.29) is 41.3 Å². The third kappa shape index (κ3) is 7.08. The third-order valence-electron chi connectivity index (χ3n) is 4.85. The number of anilines is 2. The van der Waals surface area contributed by atoms with Crippen LogP contribution >= 0.6 is 23.4 Å². The van der Waals surface area contributed by atoms with E-state index in [1.54, 1.807) is 17.0 Å². The van der Waals surface area contributed by atoms with Crippen LogP contribution in [0.1, 0.15) is 19.8 Å². The van der Waals surface area contributed by atoms with E-state index in [2.05, 4.69) is 21.9 Å². The molecule has 0 aliphatic carbocycles. The zero-order valence-electron chi connectivity index (χ0n) is 17.8. The fourth-order valence-electron chi connectivity index (χ4n) is 3.31. The van der Waals surface area contributed by atoms with Crippen LogP contribution in [0.5, 0.6) is 0 Å². The van der Waals surface area contributed by atoms with Gasteiger partial charge in [0.2, 0.25) is 17.7 Å². The standard InChI is InChI=1S/C22H26ClN5O3S/c1-3-9-26-21(30)15(14-24)11-20-28(4-2)22(31)18(32-20)8-10-25-16-6-5-7-17(12-16)27-19(29)13-23/h1,5-7,12,15,18,20,25H,4,8-11,13H2,2H3,(H,26,30)(H,27,29). The SMILES string of the molecule is C#CCNC(=O)C(C#N)CC1SC(CCNc2cccc(NC(=O)CCl)c2)C(=O)N1CC. The Bertz CT molecular complexity index is 914. The first-order chi connectivity index (χ1) is 15.4. The summed E-state index contributed by atoms with van der Waals surface area (Å²) in [5, 5.41) is 17.4. The number of nitrogens with zero attached hydrogens (tertiary/aromatic N) is 2. The van der Waals surface area contributed by atoms with E-state index < -0.39 is 11.8 Å². The van der Waals surface area contributed by atoms with E-state index in [0.29, 0.717) is 25.2 Å². The number of alkyl halides is 1. The van der Waals surface area contributed by atoms with Crippen molar-refractivity contribution in [2.24, 2.45) is 5.92 Å². The molecule has 1 fully saturated rings. The molecule has 1 aliphatic rings. The van der Waals surface area contributed by atoms with Crippen molar-refractivity contribution in [2.45, 2.75) is 30.4 Å². The molecule has 32 heavy (non-hydrogen) atoms. The number of rotatable bonds is 11. The number of halogens is 1. The zero-order chi connectivity index (χ0) is 23.5. The molecule has 1 aromatic rings. The summed E-state index contributed by atoms with van der Waals surface area (Å²) >= 11 is 6.99. The van der Waals surface area contributed by atoms with E-state index in [9.17, 15) is 19.6 Å². The molecule has 3 unspecified atom stereocenters. The molecule has 0 spiro atoms. The van der Waals surface area contributed by atoms with Gasteiger partial charge >= 0.3 is 0 Å². The monoisotopic (exact) mass is 475 g/mol. The van der Waals surface area contributed by atoms with Crippen LogP contribution in [0.25, 0.3) is 0 Å².